The largest absolute Gasteiger partial charge is 0.461 e. The zero-order valence-electron chi connectivity index (χ0n) is 10.6. The molecule has 0 unspecified atom stereocenters. The molecule has 90 valence electrons. The van der Waals surface area contributed by atoms with Gasteiger partial charge in [-0.15, -0.1) is 0 Å². The Morgan fingerprint density at radius 1 is 1.41 bits per heavy atom. The number of hydrogen-bond acceptors (Lipinski definition) is 3. The SMILES string of the molecule is CCOC(=O)c1c(C)c2nc(C)ccc2n1C. The molecule has 4 nitrogen and oxygen atoms in total. The number of hydrogen-bond donors (Lipinski definition) is 0. The molecule has 2 aromatic heterocycles. The van der Waals surface area contributed by atoms with Gasteiger partial charge in [0.25, 0.3) is 0 Å². The Kier molecular flexibility index (Phi) is 2.88. The summed E-state index contributed by atoms with van der Waals surface area (Å²) in [5.74, 6) is -0.289. The fraction of sp³-hybridized carbons (Fsp3) is 0.385. The van der Waals surface area contributed by atoms with Gasteiger partial charge in [0.2, 0.25) is 0 Å². The van der Waals surface area contributed by atoms with Gasteiger partial charge in [-0.2, -0.15) is 0 Å². The molecular formula is C13H16N2O2. The molecule has 2 heterocycles. The van der Waals surface area contributed by atoms with Gasteiger partial charge >= 0.3 is 5.97 Å². The lowest BCUT2D eigenvalue weighted by Crippen LogP contribution is -2.10. The molecule has 0 spiro atoms. The Hall–Kier alpha value is -1.84. The first-order valence-electron chi connectivity index (χ1n) is 5.66. The van der Waals surface area contributed by atoms with Crippen molar-refractivity contribution in [2.75, 3.05) is 6.61 Å². The summed E-state index contributed by atoms with van der Waals surface area (Å²) < 4.78 is 6.90. The molecule has 0 atom stereocenters. The Bertz CT molecular complexity index is 585. The minimum Gasteiger partial charge on any atom is -0.461 e. The van der Waals surface area contributed by atoms with E-state index in [0.717, 1.165) is 22.3 Å². The Morgan fingerprint density at radius 2 is 2.12 bits per heavy atom. The van der Waals surface area contributed by atoms with Gasteiger partial charge in [-0.25, -0.2) is 4.79 Å². The molecule has 0 aliphatic heterocycles. The summed E-state index contributed by atoms with van der Waals surface area (Å²) in [6, 6.07) is 3.92. The maximum Gasteiger partial charge on any atom is 0.355 e. The van der Waals surface area contributed by atoms with Gasteiger partial charge in [0.15, 0.2) is 0 Å². The maximum absolute atomic E-state index is 11.9. The van der Waals surface area contributed by atoms with Crippen molar-refractivity contribution in [3.63, 3.8) is 0 Å². The van der Waals surface area contributed by atoms with Crippen molar-refractivity contribution in [2.24, 2.45) is 7.05 Å². The van der Waals surface area contributed by atoms with E-state index in [4.69, 9.17) is 4.74 Å². The molecule has 0 radical (unpaired) electrons. The third kappa shape index (κ3) is 1.79. The van der Waals surface area contributed by atoms with E-state index in [0.29, 0.717) is 12.3 Å². The summed E-state index contributed by atoms with van der Waals surface area (Å²) in [4.78, 5) is 16.3. The van der Waals surface area contributed by atoms with Crippen molar-refractivity contribution in [3.8, 4) is 0 Å². The lowest BCUT2D eigenvalue weighted by atomic mass is 10.2. The number of fused-ring (bicyclic) bond motifs is 1. The van der Waals surface area contributed by atoms with Crippen molar-refractivity contribution in [2.45, 2.75) is 20.8 Å². The second-order valence-corrected chi connectivity index (χ2v) is 4.07. The number of rotatable bonds is 2. The fourth-order valence-electron chi connectivity index (χ4n) is 2.07. The molecule has 0 fully saturated rings. The minimum atomic E-state index is -0.289. The average Bonchev–Trinajstić information content (AvgIpc) is 2.52. The maximum atomic E-state index is 11.9. The van der Waals surface area contributed by atoms with E-state index < -0.39 is 0 Å². The van der Waals surface area contributed by atoms with Crippen LogP contribution in [0.3, 0.4) is 0 Å². The van der Waals surface area contributed by atoms with Crippen LogP contribution in [-0.2, 0) is 11.8 Å². The third-order valence-corrected chi connectivity index (χ3v) is 2.89. The zero-order valence-corrected chi connectivity index (χ0v) is 10.6. The average molecular weight is 232 g/mol. The van der Waals surface area contributed by atoms with Crippen LogP contribution >= 0.6 is 0 Å². The van der Waals surface area contributed by atoms with Gasteiger partial charge in [-0.1, -0.05) is 0 Å². The number of pyridine rings is 1. The van der Waals surface area contributed by atoms with Crippen LogP contribution in [0.15, 0.2) is 12.1 Å². The summed E-state index contributed by atoms with van der Waals surface area (Å²) in [5, 5.41) is 0. The molecule has 2 aromatic rings. The zero-order chi connectivity index (χ0) is 12.6. The standard InChI is InChI=1S/C13H16N2O2/c1-5-17-13(16)12-9(3)11-10(15(12)4)7-6-8(2)14-11/h6-7H,5H2,1-4H3. The minimum absolute atomic E-state index is 0.289. The highest BCUT2D eigenvalue weighted by molar-refractivity contribution is 5.97. The number of aryl methyl sites for hydroxylation is 3. The molecule has 0 amide bonds. The van der Waals surface area contributed by atoms with E-state index in [1.54, 1.807) is 6.92 Å². The lowest BCUT2D eigenvalue weighted by Gasteiger charge is -2.04. The van der Waals surface area contributed by atoms with Crippen LogP contribution in [0.1, 0.15) is 28.7 Å². The van der Waals surface area contributed by atoms with Gasteiger partial charge in [-0.3, -0.25) is 4.98 Å². The molecule has 0 saturated heterocycles. The highest BCUT2D eigenvalue weighted by atomic mass is 16.5. The van der Waals surface area contributed by atoms with Gasteiger partial charge < -0.3 is 9.30 Å². The third-order valence-electron chi connectivity index (χ3n) is 2.89. The first kappa shape index (κ1) is 11.6. The molecule has 0 aliphatic carbocycles. The van der Waals surface area contributed by atoms with Crippen LogP contribution < -0.4 is 0 Å². The number of esters is 1. The molecule has 0 bridgehead atoms. The molecule has 0 saturated carbocycles. The summed E-state index contributed by atoms with van der Waals surface area (Å²) in [6.45, 7) is 6.03. The van der Waals surface area contributed by atoms with Crippen molar-refractivity contribution in [3.05, 3.63) is 29.1 Å². The molecule has 17 heavy (non-hydrogen) atoms. The topological polar surface area (TPSA) is 44.1 Å². The van der Waals surface area contributed by atoms with Crippen molar-refractivity contribution >= 4 is 17.0 Å². The number of aromatic nitrogens is 2. The van der Waals surface area contributed by atoms with E-state index in [1.807, 2.05) is 37.6 Å². The molecule has 2 rings (SSSR count). The molecule has 0 N–H and O–H groups in total. The van der Waals surface area contributed by atoms with Gasteiger partial charge in [0.1, 0.15) is 5.69 Å². The highest BCUT2D eigenvalue weighted by Gasteiger charge is 2.19. The van der Waals surface area contributed by atoms with Gasteiger partial charge in [-0.05, 0) is 32.9 Å². The number of nitrogens with zero attached hydrogens (tertiary/aromatic N) is 2. The fourth-order valence-corrected chi connectivity index (χ4v) is 2.07. The molecule has 0 aromatic carbocycles. The van der Waals surface area contributed by atoms with Gasteiger partial charge in [0.05, 0.1) is 17.6 Å². The molecule has 0 aliphatic rings. The molecule has 4 heteroatoms. The van der Waals surface area contributed by atoms with Crippen LogP contribution in [0.4, 0.5) is 0 Å². The smallest absolute Gasteiger partial charge is 0.355 e. The highest BCUT2D eigenvalue weighted by Crippen LogP contribution is 2.23. The number of ether oxygens (including phenoxy) is 1. The van der Waals surface area contributed by atoms with E-state index in [2.05, 4.69) is 4.98 Å². The predicted molar refractivity (Wildman–Crippen MR) is 66.1 cm³/mol. The van der Waals surface area contributed by atoms with Crippen LogP contribution in [-0.4, -0.2) is 22.1 Å². The van der Waals surface area contributed by atoms with Crippen molar-refractivity contribution in [1.29, 1.82) is 0 Å². The van der Waals surface area contributed by atoms with Crippen LogP contribution in [0.5, 0.6) is 0 Å². The van der Waals surface area contributed by atoms with Crippen molar-refractivity contribution < 1.29 is 9.53 Å². The van der Waals surface area contributed by atoms with Crippen LogP contribution in [0.25, 0.3) is 11.0 Å². The number of carbonyl (C=O) groups is 1. The summed E-state index contributed by atoms with van der Waals surface area (Å²) in [6.07, 6.45) is 0. The Labute approximate surface area is 100 Å². The Balaban J connectivity index is 2.68. The van der Waals surface area contributed by atoms with E-state index in [1.165, 1.54) is 0 Å². The Morgan fingerprint density at radius 3 is 2.76 bits per heavy atom. The first-order chi connectivity index (χ1) is 8.06. The van der Waals surface area contributed by atoms with Gasteiger partial charge in [0, 0.05) is 18.3 Å². The van der Waals surface area contributed by atoms with E-state index in [9.17, 15) is 4.79 Å². The second-order valence-electron chi connectivity index (χ2n) is 4.07. The summed E-state index contributed by atoms with van der Waals surface area (Å²) in [5.41, 5.74) is 4.23. The summed E-state index contributed by atoms with van der Waals surface area (Å²) in [7, 11) is 1.86. The monoisotopic (exact) mass is 232 g/mol. The van der Waals surface area contributed by atoms with E-state index >= 15 is 0 Å². The number of carbonyl (C=O) groups excluding carboxylic acids is 1. The second kappa shape index (κ2) is 4.20. The van der Waals surface area contributed by atoms with Crippen LogP contribution in [0.2, 0.25) is 0 Å². The van der Waals surface area contributed by atoms with Crippen LogP contribution in [0, 0.1) is 13.8 Å². The van der Waals surface area contributed by atoms with E-state index in [-0.39, 0.29) is 5.97 Å². The predicted octanol–water partition coefficient (Wildman–Crippen LogP) is 2.37. The lowest BCUT2D eigenvalue weighted by molar-refractivity contribution is 0.0515. The van der Waals surface area contributed by atoms with Crippen molar-refractivity contribution in [1.82, 2.24) is 9.55 Å². The first-order valence-corrected chi connectivity index (χ1v) is 5.66. The molecular weight excluding hydrogens is 216 g/mol. The quantitative estimate of drug-likeness (QED) is 0.747. The summed E-state index contributed by atoms with van der Waals surface area (Å²) >= 11 is 0. The normalized spacial score (nSPS) is 10.8.